The maximum Gasteiger partial charge on any atom is 0.214 e. The van der Waals surface area contributed by atoms with Crippen LogP contribution in [-0.4, -0.2) is 48.8 Å². The van der Waals surface area contributed by atoms with E-state index in [4.69, 9.17) is 5.73 Å². The van der Waals surface area contributed by atoms with Gasteiger partial charge in [-0.1, -0.05) is 0 Å². The molecule has 4 nitrogen and oxygen atoms in total. The molecule has 0 bridgehead atoms. The number of anilines is 1. The normalized spacial score (nSPS) is 19.6. The molecule has 0 spiro atoms. The van der Waals surface area contributed by atoms with E-state index in [0.717, 1.165) is 28.5 Å². The number of nitrogen functional groups attached to an aromatic ring is 1. The standard InChI is InChI=1S/C13H20N2O2S3/c1-15(12-6-7-18-10-12)20(16,17)9-8-19-13-4-2-11(14)3-5-13/h2-5,12H,6-10,14H2,1H3. The van der Waals surface area contributed by atoms with Gasteiger partial charge in [0.15, 0.2) is 0 Å². The van der Waals surface area contributed by atoms with E-state index in [2.05, 4.69) is 0 Å². The van der Waals surface area contributed by atoms with Crippen molar-refractivity contribution in [2.75, 3.05) is 35.8 Å². The second-order valence-electron chi connectivity index (χ2n) is 4.77. The first-order valence-electron chi connectivity index (χ1n) is 6.51. The fourth-order valence-electron chi connectivity index (χ4n) is 2.01. The van der Waals surface area contributed by atoms with Crippen molar-refractivity contribution in [3.8, 4) is 0 Å². The third-order valence-electron chi connectivity index (χ3n) is 3.35. The zero-order chi connectivity index (χ0) is 14.6. The van der Waals surface area contributed by atoms with Crippen molar-refractivity contribution in [2.24, 2.45) is 0 Å². The lowest BCUT2D eigenvalue weighted by Crippen LogP contribution is -2.38. The third kappa shape index (κ3) is 4.31. The van der Waals surface area contributed by atoms with Gasteiger partial charge in [-0.25, -0.2) is 12.7 Å². The number of sulfonamides is 1. The lowest BCUT2D eigenvalue weighted by atomic mass is 10.3. The van der Waals surface area contributed by atoms with Crippen molar-refractivity contribution < 1.29 is 8.42 Å². The Hall–Kier alpha value is -0.370. The van der Waals surface area contributed by atoms with Crippen molar-refractivity contribution in [1.82, 2.24) is 4.31 Å². The molecule has 1 aliphatic rings. The summed E-state index contributed by atoms with van der Waals surface area (Å²) in [5.41, 5.74) is 6.34. The lowest BCUT2D eigenvalue weighted by Gasteiger charge is -2.22. The summed E-state index contributed by atoms with van der Waals surface area (Å²) in [4.78, 5) is 1.05. The Morgan fingerprint density at radius 3 is 2.70 bits per heavy atom. The quantitative estimate of drug-likeness (QED) is 0.639. The maximum absolute atomic E-state index is 12.2. The third-order valence-corrected chi connectivity index (χ3v) is 7.66. The molecule has 1 heterocycles. The number of hydrogen-bond donors (Lipinski definition) is 1. The molecule has 0 aliphatic carbocycles. The van der Waals surface area contributed by atoms with Crippen molar-refractivity contribution in [3.63, 3.8) is 0 Å². The van der Waals surface area contributed by atoms with E-state index < -0.39 is 10.0 Å². The molecule has 1 fully saturated rings. The fourth-order valence-corrected chi connectivity index (χ4v) is 6.03. The van der Waals surface area contributed by atoms with Gasteiger partial charge in [0.25, 0.3) is 0 Å². The van der Waals surface area contributed by atoms with E-state index >= 15 is 0 Å². The Bertz CT molecular complexity index is 525. The molecule has 0 aromatic heterocycles. The second kappa shape index (κ2) is 7.06. The van der Waals surface area contributed by atoms with Crippen LogP contribution in [-0.2, 0) is 10.0 Å². The monoisotopic (exact) mass is 332 g/mol. The summed E-state index contributed by atoms with van der Waals surface area (Å²) in [6.07, 6.45) is 0.964. The Morgan fingerprint density at radius 1 is 1.40 bits per heavy atom. The van der Waals surface area contributed by atoms with Gasteiger partial charge in [-0.05, 0) is 36.4 Å². The molecule has 1 aliphatic heterocycles. The first-order chi connectivity index (χ1) is 9.49. The van der Waals surface area contributed by atoms with Crippen LogP contribution in [0.1, 0.15) is 6.42 Å². The zero-order valence-electron chi connectivity index (χ0n) is 11.5. The molecule has 20 heavy (non-hydrogen) atoms. The Balaban J connectivity index is 1.84. The van der Waals surface area contributed by atoms with Gasteiger partial charge in [-0.15, -0.1) is 11.8 Å². The van der Waals surface area contributed by atoms with Crippen LogP contribution in [0.25, 0.3) is 0 Å². The van der Waals surface area contributed by atoms with Crippen molar-refractivity contribution in [2.45, 2.75) is 17.4 Å². The van der Waals surface area contributed by atoms with Gasteiger partial charge < -0.3 is 5.73 Å². The molecule has 1 aromatic rings. The predicted molar refractivity (Wildman–Crippen MR) is 88.9 cm³/mol. The molecule has 2 N–H and O–H groups in total. The zero-order valence-corrected chi connectivity index (χ0v) is 13.9. The first kappa shape index (κ1) is 16.0. The van der Waals surface area contributed by atoms with Crippen LogP contribution in [0, 0.1) is 0 Å². The van der Waals surface area contributed by atoms with Crippen molar-refractivity contribution in [3.05, 3.63) is 24.3 Å². The second-order valence-corrected chi connectivity index (χ2v) is 9.23. The highest BCUT2D eigenvalue weighted by Gasteiger charge is 2.28. The van der Waals surface area contributed by atoms with E-state index in [1.165, 1.54) is 0 Å². The molecule has 1 aromatic carbocycles. The molecule has 0 amide bonds. The number of nitrogens with zero attached hydrogens (tertiary/aromatic N) is 1. The van der Waals surface area contributed by atoms with Crippen LogP contribution < -0.4 is 5.73 Å². The summed E-state index contributed by atoms with van der Waals surface area (Å²) in [5, 5.41) is 0. The number of rotatable bonds is 6. The minimum absolute atomic E-state index is 0.173. The molecular formula is C13H20N2O2S3. The first-order valence-corrected chi connectivity index (χ1v) is 10.3. The van der Waals surface area contributed by atoms with Gasteiger partial charge >= 0.3 is 0 Å². The SMILES string of the molecule is CN(C1CCSC1)S(=O)(=O)CCSc1ccc(N)cc1. The van der Waals surface area contributed by atoms with E-state index in [9.17, 15) is 8.42 Å². The van der Waals surface area contributed by atoms with Gasteiger partial charge in [0.2, 0.25) is 10.0 Å². The number of nitrogens with two attached hydrogens (primary N) is 1. The number of benzene rings is 1. The molecule has 112 valence electrons. The summed E-state index contributed by atoms with van der Waals surface area (Å²) in [7, 11) is -1.44. The van der Waals surface area contributed by atoms with Crippen LogP contribution >= 0.6 is 23.5 Å². The fraction of sp³-hybridized carbons (Fsp3) is 0.538. The average Bonchev–Trinajstić information content (AvgIpc) is 2.94. The molecule has 0 saturated carbocycles. The van der Waals surface area contributed by atoms with Gasteiger partial charge in [-0.3, -0.25) is 0 Å². The lowest BCUT2D eigenvalue weighted by molar-refractivity contribution is 0.395. The van der Waals surface area contributed by atoms with Gasteiger partial charge in [0, 0.05) is 35.2 Å². The smallest absolute Gasteiger partial charge is 0.214 e. The summed E-state index contributed by atoms with van der Waals surface area (Å²) in [5.74, 6) is 2.72. The molecule has 1 unspecified atom stereocenters. The van der Waals surface area contributed by atoms with Crippen molar-refractivity contribution in [1.29, 1.82) is 0 Å². The van der Waals surface area contributed by atoms with E-state index in [0.29, 0.717) is 5.75 Å². The Kier molecular flexibility index (Phi) is 5.65. The summed E-state index contributed by atoms with van der Waals surface area (Å²) in [6.45, 7) is 0. The van der Waals surface area contributed by atoms with Crippen LogP contribution in [0.2, 0.25) is 0 Å². The topological polar surface area (TPSA) is 63.4 Å². The number of hydrogen-bond acceptors (Lipinski definition) is 5. The molecule has 2 rings (SSSR count). The molecular weight excluding hydrogens is 312 g/mol. The number of thioether (sulfide) groups is 2. The van der Waals surface area contributed by atoms with E-state index in [1.54, 1.807) is 23.1 Å². The maximum atomic E-state index is 12.2. The minimum Gasteiger partial charge on any atom is -0.399 e. The highest BCUT2D eigenvalue weighted by molar-refractivity contribution is 8.00. The average molecular weight is 333 g/mol. The highest BCUT2D eigenvalue weighted by atomic mass is 32.2. The predicted octanol–water partition coefficient (Wildman–Crippen LogP) is 2.13. The van der Waals surface area contributed by atoms with E-state index in [-0.39, 0.29) is 11.8 Å². The Labute approximate surface area is 129 Å². The molecule has 0 radical (unpaired) electrons. The largest absolute Gasteiger partial charge is 0.399 e. The van der Waals surface area contributed by atoms with Crippen molar-refractivity contribution >= 4 is 39.2 Å². The van der Waals surface area contributed by atoms with Crippen LogP contribution in [0.5, 0.6) is 0 Å². The van der Waals surface area contributed by atoms with E-state index in [1.807, 2.05) is 36.0 Å². The molecule has 1 saturated heterocycles. The Morgan fingerprint density at radius 2 is 2.10 bits per heavy atom. The van der Waals surface area contributed by atoms with Gasteiger partial charge in [0.05, 0.1) is 5.75 Å². The molecule has 1 atom stereocenters. The van der Waals surface area contributed by atoms with Crippen LogP contribution in [0.15, 0.2) is 29.2 Å². The summed E-state index contributed by atoms with van der Waals surface area (Å²) in [6, 6.07) is 7.68. The molecule has 7 heteroatoms. The van der Waals surface area contributed by atoms with Gasteiger partial charge in [-0.2, -0.15) is 11.8 Å². The van der Waals surface area contributed by atoms with Crippen LogP contribution in [0.3, 0.4) is 0 Å². The van der Waals surface area contributed by atoms with Crippen LogP contribution in [0.4, 0.5) is 5.69 Å². The summed E-state index contributed by atoms with van der Waals surface area (Å²) >= 11 is 3.37. The summed E-state index contributed by atoms with van der Waals surface area (Å²) < 4.78 is 26.1. The van der Waals surface area contributed by atoms with Gasteiger partial charge in [0.1, 0.15) is 0 Å². The highest BCUT2D eigenvalue weighted by Crippen LogP contribution is 2.24. The minimum atomic E-state index is -3.15.